The number of aliphatic hydroxyl groups is 1. The summed E-state index contributed by atoms with van der Waals surface area (Å²) in [5, 5.41) is 8.36. The Balaban J connectivity index is 0.000000425. The Kier molecular flexibility index (Phi) is 9.24. The number of hydrogen-bond donors (Lipinski definition) is 1. The Bertz CT molecular complexity index is 884. The standard InChI is InChI=1S/C19H18N.C5H8O2.Ir/c1-13-11-14(2)18(15(3)12-13)17-9-10-20-19(17)16-7-5-4-6-8-16;1-4(6)3-5(2)7;/h4-7,9-12,17H,1-3H3;3,6H,1-2H3;/q-1;;/b;4-3-;. The Morgan fingerprint density at radius 1 is 1.14 bits per heavy atom. The number of carbonyl (C=O) groups excluding carboxylic acids is 1. The molecule has 1 N–H and O–H groups in total. The Labute approximate surface area is 181 Å². The van der Waals surface area contributed by atoms with Crippen molar-refractivity contribution in [2.24, 2.45) is 4.99 Å². The van der Waals surface area contributed by atoms with E-state index in [1.54, 1.807) is 0 Å². The third-order valence-electron chi connectivity index (χ3n) is 4.23. The summed E-state index contributed by atoms with van der Waals surface area (Å²) in [4.78, 5) is 14.6. The van der Waals surface area contributed by atoms with Gasteiger partial charge in [0.1, 0.15) is 0 Å². The third-order valence-corrected chi connectivity index (χ3v) is 4.23. The summed E-state index contributed by atoms with van der Waals surface area (Å²) in [6, 6.07) is 15.8. The average Bonchev–Trinajstić information content (AvgIpc) is 3.03. The van der Waals surface area contributed by atoms with Crippen molar-refractivity contribution in [3.63, 3.8) is 0 Å². The molecule has 1 aliphatic rings. The minimum absolute atomic E-state index is 0. The van der Waals surface area contributed by atoms with Crippen LogP contribution in [0.3, 0.4) is 0 Å². The number of allylic oxidation sites excluding steroid dienone is 3. The fourth-order valence-corrected chi connectivity index (χ4v) is 3.38. The molecule has 1 heterocycles. The Morgan fingerprint density at radius 3 is 2.25 bits per heavy atom. The molecule has 1 atom stereocenters. The number of rotatable bonds is 3. The van der Waals surface area contributed by atoms with Gasteiger partial charge < -0.3 is 10.1 Å². The van der Waals surface area contributed by atoms with E-state index < -0.39 is 0 Å². The van der Waals surface area contributed by atoms with Crippen LogP contribution in [-0.4, -0.2) is 16.6 Å². The van der Waals surface area contributed by atoms with Crippen LogP contribution in [0, 0.1) is 26.8 Å². The van der Waals surface area contributed by atoms with Crippen molar-refractivity contribution in [2.45, 2.75) is 40.5 Å². The number of aliphatic hydroxyl groups excluding tert-OH is 1. The second kappa shape index (κ2) is 10.9. The Hall–Kier alpha value is -2.29. The molecule has 1 radical (unpaired) electrons. The molecule has 0 fully saturated rings. The average molecular weight is 553 g/mol. The molecule has 1 unspecified atom stereocenters. The summed E-state index contributed by atoms with van der Waals surface area (Å²) < 4.78 is 0. The van der Waals surface area contributed by atoms with Crippen LogP contribution in [0.4, 0.5) is 0 Å². The SMILES string of the molecule is CC(=O)/C=C(/C)O.Cc1cc(C)c(C2C=CN=C2c2[c-]cccc2)c(C)c1.[Ir]. The fraction of sp³-hybridized carbons (Fsp3) is 0.250. The number of aliphatic imine (C=N–C) groups is 1. The van der Waals surface area contributed by atoms with E-state index >= 15 is 0 Å². The van der Waals surface area contributed by atoms with Crippen LogP contribution < -0.4 is 0 Å². The van der Waals surface area contributed by atoms with Gasteiger partial charge in [-0.05, 0) is 57.0 Å². The number of hydrogen-bond acceptors (Lipinski definition) is 3. The first kappa shape index (κ1) is 23.7. The zero-order valence-corrected chi connectivity index (χ0v) is 19.3. The van der Waals surface area contributed by atoms with Crippen molar-refractivity contribution in [2.75, 3.05) is 0 Å². The number of benzene rings is 2. The van der Waals surface area contributed by atoms with Crippen molar-refractivity contribution in [3.8, 4) is 0 Å². The molecule has 0 aromatic heterocycles. The third kappa shape index (κ3) is 6.40. The van der Waals surface area contributed by atoms with Crippen molar-refractivity contribution in [3.05, 3.63) is 94.4 Å². The molecule has 0 amide bonds. The molecule has 4 heteroatoms. The second-order valence-corrected chi connectivity index (χ2v) is 6.82. The molecule has 2 aromatic carbocycles. The van der Waals surface area contributed by atoms with Gasteiger partial charge in [0.05, 0.1) is 5.76 Å². The van der Waals surface area contributed by atoms with Gasteiger partial charge in [0, 0.05) is 38.3 Å². The van der Waals surface area contributed by atoms with E-state index in [0.29, 0.717) is 0 Å². The maximum Gasteiger partial charge on any atom is 0.155 e. The van der Waals surface area contributed by atoms with Gasteiger partial charge in [-0.1, -0.05) is 23.8 Å². The van der Waals surface area contributed by atoms with Gasteiger partial charge in [0.15, 0.2) is 5.78 Å². The Morgan fingerprint density at radius 2 is 1.79 bits per heavy atom. The van der Waals surface area contributed by atoms with Gasteiger partial charge in [-0.3, -0.25) is 4.79 Å². The molecule has 0 bridgehead atoms. The maximum atomic E-state index is 10.0. The number of carbonyl (C=O) groups is 1. The molecule has 0 saturated carbocycles. The van der Waals surface area contributed by atoms with Crippen LogP contribution in [0.1, 0.15) is 47.6 Å². The van der Waals surface area contributed by atoms with Gasteiger partial charge in [0.25, 0.3) is 0 Å². The first-order valence-corrected chi connectivity index (χ1v) is 8.96. The number of nitrogens with zero attached hydrogens (tertiary/aromatic N) is 1. The van der Waals surface area contributed by atoms with Crippen molar-refractivity contribution < 1.29 is 30.0 Å². The van der Waals surface area contributed by atoms with Crippen LogP contribution in [0.5, 0.6) is 0 Å². The summed E-state index contributed by atoms with van der Waals surface area (Å²) in [5.41, 5.74) is 7.55. The van der Waals surface area contributed by atoms with Gasteiger partial charge in [-0.15, -0.1) is 35.9 Å². The minimum Gasteiger partial charge on any atom is -0.512 e. The van der Waals surface area contributed by atoms with Crippen LogP contribution in [0.15, 0.2) is 65.5 Å². The number of ketones is 1. The van der Waals surface area contributed by atoms with E-state index in [2.05, 4.69) is 56.1 Å². The predicted octanol–water partition coefficient (Wildman–Crippen LogP) is 5.55. The molecule has 3 nitrogen and oxygen atoms in total. The van der Waals surface area contributed by atoms with Gasteiger partial charge in [0.2, 0.25) is 0 Å². The van der Waals surface area contributed by atoms with E-state index in [-0.39, 0.29) is 37.6 Å². The van der Waals surface area contributed by atoms with E-state index in [1.165, 1.54) is 42.2 Å². The summed E-state index contributed by atoms with van der Waals surface area (Å²) in [7, 11) is 0. The van der Waals surface area contributed by atoms with Gasteiger partial charge >= 0.3 is 0 Å². The zero-order chi connectivity index (χ0) is 20.0. The monoisotopic (exact) mass is 553 g/mol. The molecular weight excluding hydrogens is 526 g/mol. The van der Waals surface area contributed by atoms with E-state index in [4.69, 9.17) is 5.11 Å². The van der Waals surface area contributed by atoms with Gasteiger partial charge in [-0.2, -0.15) is 0 Å². The smallest absolute Gasteiger partial charge is 0.155 e. The first-order chi connectivity index (χ1) is 12.8. The summed E-state index contributed by atoms with van der Waals surface area (Å²) in [6.07, 6.45) is 5.26. The largest absolute Gasteiger partial charge is 0.512 e. The maximum absolute atomic E-state index is 10.0. The van der Waals surface area contributed by atoms with Crippen LogP contribution in [0.25, 0.3) is 0 Å². The molecule has 3 rings (SSSR count). The van der Waals surface area contributed by atoms with Crippen molar-refractivity contribution in [1.29, 1.82) is 0 Å². The molecule has 0 saturated heterocycles. The molecule has 0 aliphatic carbocycles. The topological polar surface area (TPSA) is 49.7 Å². The quantitative estimate of drug-likeness (QED) is 0.309. The van der Waals surface area contributed by atoms with E-state index in [9.17, 15) is 4.79 Å². The van der Waals surface area contributed by atoms with Crippen LogP contribution in [-0.2, 0) is 24.9 Å². The molecule has 28 heavy (non-hydrogen) atoms. The van der Waals surface area contributed by atoms with E-state index in [1.807, 2.05) is 24.4 Å². The van der Waals surface area contributed by atoms with Gasteiger partial charge in [-0.25, -0.2) is 0 Å². The molecular formula is C24H26IrNO2-. The molecule has 149 valence electrons. The summed E-state index contributed by atoms with van der Waals surface area (Å²) in [6.45, 7) is 9.37. The van der Waals surface area contributed by atoms with Crippen LogP contribution >= 0.6 is 0 Å². The summed E-state index contributed by atoms with van der Waals surface area (Å²) >= 11 is 0. The second-order valence-electron chi connectivity index (χ2n) is 6.82. The predicted molar refractivity (Wildman–Crippen MR) is 111 cm³/mol. The molecule has 0 spiro atoms. The van der Waals surface area contributed by atoms with Crippen molar-refractivity contribution >= 4 is 11.5 Å². The normalized spacial score (nSPS) is 15.2. The zero-order valence-electron chi connectivity index (χ0n) is 16.9. The fourth-order valence-electron chi connectivity index (χ4n) is 3.38. The first-order valence-electron chi connectivity index (χ1n) is 8.96. The molecule has 2 aromatic rings. The van der Waals surface area contributed by atoms with E-state index in [0.717, 1.165) is 11.3 Å². The minimum atomic E-state index is -0.125. The summed E-state index contributed by atoms with van der Waals surface area (Å²) in [5.74, 6) is 0.182. The van der Waals surface area contributed by atoms with Crippen molar-refractivity contribution in [1.82, 2.24) is 0 Å². The van der Waals surface area contributed by atoms with Crippen LogP contribution in [0.2, 0.25) is 0 Å². The number of aryl methyl sites for hydroxylation is 3. The molecule has 1 aliphatic heterocycles.